The zero-order valence-electron chi connectivity index (χ0n) is 12.3. The molecular weight excluding hydrogens is 220 g/mol. The van der Waals surface area contributed by atoms with Crippen molar-refractivity contribution in [2.24, 2.45) is 5.41 Å². The summed E-state index contributed by atoms with van der Waals surface area (Å²) in [5, 5.41) is 3.48. The minimum Gasteiger partial charge on any atom is -0.397 e. The Balaban J connectivity index is 2.48. The molecule has 3 N–H and O–H groups in total. The maximum atomic E-state index is 6.01. The van der Waals surface area contributed by atoms with Gasteiger partial charge in [-0.25, -0.2) is 0 Å². The quantitative estimate of drug-likeness (QED) is 0.547. The van der Waals surface area contributed by atoms with E-state index in [1.807, 2.05) is 6.07 Å². The molecule has 1 aromatic carbocycles. The van der Waals surface area contributed by atoms with Crippen molar-refractivity contribution in [1.82, 2.24) is 0 Å². The number of unbranched alkanes of at least 4 members (excludes halogenated alkanes) is 2. The minimum atomic E-state index is 0.326. The molecule has 18 heavy (non-hydrogen) atoms. The number of hydrogen-bond acceptors (Lipinski definition) is 2. The highest BCUT2D eigenvalue weighted by Crippen LogP contribution is 2.26. The van der Waals surface area contributed by atoms with Crippen LogP contribution in [0.25, 0.3) is 0 Å². The molecule has 0 saturated carbocycles. The summed E-state index contributed by atoms with van der Waals surface area (Å²) in [7, 11) is 0. The number of nitrogen functional groups attached to an aromatic ring is 1. The van der Waals surface area contributed by atoms with Gasteiger partial charge in [0.1, 0.15) is 0 Å². The van der Waals surface area contributed by atoms with Gasteiger partial charge in [-0.3, -0.25) is 0 Å². The highest BCUT2D eigenvalue weighted by Gasteiger charge is 2.17. The predicted molar refractivity (Wildman–Crippen MR) is 82.0 cm³/mol. The molecule has 0 aromatic heterocycles. The first-order valence-corrected chi connectivity index (χ1v) is 7.04. The van der Waals surface area contributed by atoms with Crippen LogP contribution in [-0.4, -0.2) is 6.54 Å². The molecule has 0 radical (unpaired) electrons. The van der Waals surface area contributed by atoms with Gasteiger partial charge in [0.15, 0.2) is 0 Å². The van der Waals surface area contributed by atoms with Gasteiger partial charge in [-0.1, -0.05) is 46.1 Å². The first-order valence-electron chi connectivity index (χ1n) is 7.04. The number of nitrogens with two attached hydrogens (primary N) is 1. The smallest absolute Gasteiger partial charge is 0.0574 e. The van der Waals surface area contributed by atoms with Crippen molar-refractivity contribution in [2.75, 3.05) is 17.6 Å². The Kier molecular flexibility index (Phi) is 5.52. The van der Waals surface area contributed by atoms with E-state index >= 15 is 0 Å². The molecule has 102 valence electrons. The molecule has 0 atom stereocenters. The highest BCUT2D eigenvalue weighted by molar-refractivity contribution is 5.66. The van der Waals surface area contributed by atoms with Gasteiger partial charge in [-0.2, -0.15) is 0 Å². The molecular formula is C16H28N2. The Morgan fingerprint density at radius 1 is 1.22 bits per heavy atom. The summed E-state index contributed by atoms with van der Waals surface area (Å²) < 4.78 is 0. The Bertz CT molecular complexity index is 369. The minimum absolute atomic E-state index is 0.326. The van der Waals surface area contributed by atoms with Gasteiger partial charge in [0, 0.05) is 6.54 Å². The molecule has 0 aliphatic heterocycles. The van der Waals surface area contributed by atoms with Gasteiger partial charge >= 0.3 is 0 Å². The molecule has 0 amide bonds. The molecule has 0 unspecified atom stereocenters. The van der Waals surface area contributed by atoms with Crippen LogP contribution in [0.4, 0.5) is 11.4 Å². The molecule has 1 rings (SSSR count). The zero-order valence-corrected chi connectivity index (χ0v) is 12.3. The first-order chi connectivity index (χ1) is 8.44. The van der Waals surface area contributed by atoms with Crippen LogP contribution in [0.3, 0.4) is 0 Å². The summed E-state index contributed by atoms with van der Waals surface area (Å²) in [4.78, 5) is 0. The van der Waals surface area contributed by atoms with E-state index in [0.29, 0.717) is 5.41 Å². The van der Waals surface area contributed by atoms with Crippen molar-refractivity contribution in [1.29, 1.82) is 0 Å². The monoisotopic (exact) mass is 248 g/mol. The van der Waals surface area contributed by atoms with E-state index in [0.717, 1.165) is 17.9 Å². The van der Waals surface area contributed by atoms with Crippen LogP contribution in [0.2, 0.25) is 0 Å². The lowest BCUT2D eigenvalue weighted by atomic mass is 9.87. The van der Waals surface area contributed by atoms with E-state index in [-0.39, 0.29) is 0 Å². The van der Waals surface area contributed by atoms with Gasteiger partial charge in [0.05, 0.1) is 11.4 Å². The van der Waals surface area contributed by atoms with Crippen LogP contribution < -0.4 is 11.1 Å². The lowest BCUT2D eigenvalue weighted by Crippen LogP contribution is -2.23. The van der Waals surface area contributed by atoms with Gasteiger partial charge in [0.2, 0.25) is 0 Å². The van der Waals surface area contributed by atoms with E-state index in [1.54, 1.807) is 0 Å². The largest absolute Gasteiger partial charge is 0.397 e. The van der Waals surface area contributed by atoms with E-state index in [1.165, 1.54) is 31.2 Å². The topological polar surface area (TPSA) is 38.0 Å². The van der Waals surface area contributed by atoms with E-state index in [4.69, 9.17) is 5.73 Å². The van der Waals surface area contributed by atoms with Gasteiger partial charge < -0.3 is 11.1 Å². The molecule has 0 aliphatic carbocycles. The predicted octanol–water partition coefficient (Wildman–Crippen LogP) is 4.60. The summed E-state index contributed by atoms with van der Waals surface area (Å²) in [5.74, 6) is 0. The standard InChI is InChI=1S/C16H28N2/c1-5-6-7-10-16(3,4)12-18-15-9-8-13(2)11-14(15)17/h8-9,11,18H,5-7,10,12,17H2,1-4H3. The fourth-order valence-corrected chi connectivity index (χ4v) is 2.12. The number of aryl methyl sites for hydroxylation is 1. The van der Waals surface area contributed by atoms with Crippen LogP contribution in [0.1, 0.15) is 52.0 Å². The highest BCUT2D eigenvalue weighted by atomic mass is 14.9. The van der Waals surface area contributed by atoms with Crippen molar-refractivity contribution in [3.8, 4) is 0 Å². The third-order valence-corrected chi connectivity index (χ3v) is 3.42. The number of nitrogens with one attached hydrogen (secondary N) is 1. The van der Waals surface area contributed by atoms with Crippen molar-refractivity contribution in [2.45, 2.75) is 53.4 Å². The molecule has 2 heteroatoms. The lowest BCUT2D eigenvalue weighted by molar-refractivity contribution is 0.342. The molecule has 2 nitrogen and oxygen atoms in total. The number of hydrogen-bond donors (Lipinski definition) is 2. The van der Waals surface area contributed by atoms with Crippen LogP contribution in [0.15, 0.2) is 18.2 Å². The van der Waals surface area contributed by atoms with E-state index < -0.39 is 0 Å². The van der Waals surface area contributed by atoms with Crippen LogP contribution >= 0.6 is 0 Å². The van der Waals surface area contributed by atoms with Gasteiger partial charge in [-0.15, -0.1) is 0 Å². The molecule has 0 aliphatic rings. The van der Waals surface area contributed by atoms with E-state index in [2.05, 4.69) is 45.1 Å². The van der Waals surface area contributed by atoms with Crippen LogP contribution in [0.5, 0.6) is 0 Å². The average Bonchev–Trinajstić information content (AvgIpc) is 2.28. The fraction of sp³-hybridized carbons (Fsp3) is 0.625. The number of rotatable bonds is 7. The van der Waals surface area contributed by atoms with Gasteiger partial charge in [-0.05, 0) is 36.5 Å². The van der Waals surface area contributed by atoms with Crippen molar-refractivity contribution in [3.05, 3.63) is 23.8 Å². The third kappa shape index (κ3) is 4.99. The summed E-state index contributed by atoms with van der Waals surface area (Å²) >= 11 is 0. The second-order valence-electron chi connectivity index (χ2n) is 6.07. The van der Waals surface area contributed by atoms with Crippen molar-refractivity contribution >= 4 is 11.4 Å². The Labute approximate surface area is 112 Å². The molecule has 0 heterocycles. The van der Waals surface area contributed by atoms with Crippen molar-refractivity contribution in [3.63, 3.8) is 0 Å². The molecule has 0 spiro atoms. The second-order valence-corrected chi connectivity index (χ2v) is 6.07. The lowest BCUT2D eigenvalue weighted by Gasteiger charge is -2.26. The van der Waals surface area contributed by atoms with Crippen molar-refractivity contribution < 1.29 is 0 Å². The Hall–Kier alpha value is -1.18. The summed E-state index contributed by atoms with van der Waals surface area (Å²) in [6, 6.07) is 6.20. The summed E-state index contributed by atoms with van der Waals surface area (Å²) in [5.41, 5.74) is 9.45. The first kappa shape index (κ1) is 14.9. The maximum absolute atomic E-state index is 6.01. The van der Waals surface area contributed by atoms with Gasteiger partial charge in [0.25, 0.3) is 0 Å². The fourth-order valence-electron chi connectivity index (χ4n) is 2.12. The Morgan fingerprint density at radius 2 is 1.94 bits per heavy atom. The molecule has 0 bridgehead atoms. The number of benzene rings is 1. The summed E-state index contributed by atoms with van der Waals surface area (Å²) in [6.45, 7) is 9.93. The average molecular weight is 248 g/mol. The van der Waals surface area contributed by atoms with Crippen LogP contribution in [0, 0.1) is 12.3 Å². The second kappa shape index (κ2) is 6.67. The normalized spacial score (nSPS) is 11.6. The molecule has 0 fully saturated rings. The summed E-state index contributed by atoms with van der Waals surface area (Å²) in [6.07, 6.45) is 5.19. The maximum Gasteiger partial charge on any atom is 0.0574 e. The van der Waals surface area contributed by atoms with Crippen LogP contribution in [-0.2, 0) is 0 Å². The van der Waals surface area contributed by atoms with E-state index in [9.17, 15) is 0 Å². The number of anilines is 2. The molecule has 1 aromatic rings. The zero-order chi connectivity index (χ0) is 13.6. The Morgan fingerprint density at radius 3 is 2.56 bits per heavy atom. The molecule has 0 saturated heterocycles. The SMILES string of the molecule is CCCCCC(C)(C)CNc1ccc(C)cc1N. The third-order valence-electron chi connectivity index (χ3n) is 3.42.